The topological polar surface area (TPSA) is 116 Å². The maximum atomic E-state index is 11.2. The van der Waals surface area contributed by atoms with Gasteiger partial charge in [-0.2, -0.15) is 4.98 Å². The number of methoxy groups -OCH3 is 1. The van der Waals surface area contributed by atoms with E-state index in [-0.39, 0.29) is 11.6 Å². The highest BCUT2D eigenvalue weighted by atomic mass is 35.5. The maximum Gasteiger partial charge on any atom is 0.341 e. The highest BCUT2D eigenvalue weighted by Gasteiger charge is 2.29. The van der Waals surface area contributed by atoms with Crippen LogP contribution >= 0.6 is 23.4 Å². The zero-order chi connectivity index (χ0) is 25.8. The Kier molecular flexibility index (Phi) is 7.29. The second kappa shape index (κ2) is 10.9. The number of carboxylic acids is 1. The smallest absolute Gasteiger partial charge is 0.341 e. The first-order valence-electron chi connectivity index (χ1n) is 11.2. The summed E-state index contributed by atoms with van der Waals surface area (Å²) in [5.41, 5.74) is 3.60. The largest absolute Gasteiger partial charge is 0.493 e. The Morgan fingerprint density at radius 3 is 2.70 bits per heavy atom. The van der Waals surface area contributed by atoms with Gasteiger partial charge < -0.3 is 24.6 Å². The third-order valence-electron chi connectivity index (χ3n) is 5.47. The van der Waals surface area contributed by atoms with E-state index in [1.165, 1.54) is 18.9 Å². The van der Waals surface area contributed by atoms with Crippen molar-refractivity contribution in [2.45, 2.75) is 17.1 Å². The molecule has 188 valence electrons. The SMILES string of the molecule is COc1cccc([C@@H]2Nc3ccccc3-c3nnc(SCc4ccc(Cl)cc4)nc3O2)c1OCC(=O)O. The van der Waals surface area contributed by atoms with E-state index in [4.69, 9.17) is 25.8 Å². The van der Waals surface area contributed by atoms with Gasteiger partial charge in [0.2, 0.25) is 17.3 Å². The number of nitrogens with one attached hydrogen (secondary N) is 1. The number of thioether (sulfide) groups is 1. The minimum atomic E-state index is -1.11. The zero-order valence-electron chi connectivity index (χ0n) is 19.6. The number of fused-ring (bicyclic) bond motifs is 3. The number of aromatic nitrogens is 3. The molecule has 4 aromatic rings. The quantitative estimate of drug-likeness (QED) is 0.281. The van der Waals surface area contributed by atoms with Crippen LogP contribution in [0.4, 0.5) is 5.69 Å². The molecule has 1 aromatic heterocycles. The zero-order valence-corrected chi connectivity index (χ0v) is 21.1. The molecule has 0 unspecified atom stereocenters. The van der Waals surface area contributed by atoms with E-state index < -0.39 is 18.8 Å². The summed E-state index contributed by atoms with van der Waals surface area (Å²) in [7, 11) is 1.49. The number of hydrogen-bond donors (Lipinski definition) is 2. The van der Waals surface area contributed by atoms with E-state index in [1.807, 2.05) is 48.5 Å². The lowest BCUT2D eigenvalue weighted by Gasteiger charge is -2.22. The lowest BCUT2D eigenvalue weighted by molar-refractivity contribution is -0.139. The Morgan fingerprint density at radius 1 is 1.11 bits per heavy atom. The number of benzene rings is 3. The molecule has 0 aliphatic carbocycles. The molecule has 3 aromatic carbocycles. The van der Waals surface area contributed by atoms with Crippen molar-refractivity contribution in [3.63, 3.8) is 0 Å². The van der Waals surface area contributed by atoms with Crippen LogP contribution < -0.4 is 19.5 Å². The van der Waals surface area contributed by atoms with Crippen molar-refractivity contribution < 1.29 is 24.1 Å². The van der Waals surface area contributed by atoms with Crippen molar-refractivity contribution in [1.82, 2.24) is 15.2 Å². The van der Waals surface area contributed by atoms with Gasteiger partial charge in [0.05, 0.1) is 12.7 Å². The van der Waals surface area contributed by atoms with Crippen LogP contribution in [0.25, 0.3) is 11.3 Å². The van der Waals surface area contributed by atoms with Crippen LogP contribution in [0.1, 0.15) is 17.4 Å². The number of rotatable bonds is 8. The fraction of sp³-hybridized carbons (Fsp3) is 0.154. The highest BCUT2D eigenvalue weighted by Crippen LogP contribution is 2.43. The summed E-state index contributed by atoms with van der Waals surface area (Å²) in [4.78, 5) is 15.9. The number of para-hydroxylation sites is 2. The van der Waals surface area contributed by atoms with Crippen molar-refractivity contribution in [2.24, 2.45) is 0 Å². The van der Waals surface area contributed by atoms with E-state index in [2.05, 4.69) is 20.5 Å². The molecular formula is C26H21ClN4O5S. The molecule has 0 spiro atoms. The van der Waals surface area contributed by atoms with Gasteiger partial charge in [0.15, 0.2) is 23.8 Å². The Bertz CT molecular complexity index is 1440. The molecule has 2 N–H and O–H groups in total. The van der Waals surface area contributed by atoms with E-state index in [9.17, 15) is 9.90 Å². The minimum absolute atomic E-state index is 0.255. The Hall–Kier alpha value is -4.02. The number of nitrogens with zero attached hydrogens (tertiary/aromatic N) is 3. The van der Waals surface area contributed by atoms with Crippen molar-refractivity contribution in [3.8, 4) is 28.6 Å². The summed E-state index contributed by atoms with van der Waals surface area (Å²) in [6, 6.07) is 20.4. The van der Waals surface area contributed by atoms with Gasteiger partial charge in [-0.3, -0.25) is 0 Å². The molecule has 1 aliphatic rings. The van der Waals surface area contributed by atoms with Crippen molar-refractivity contribution in [1.29, 1.82) is 0 Å². The molecule has 5 rings (SSSR count). The van der Waals surface area contributed by atoms with E-state index in [0.29, 0.717) is 32.9 Å². The summed E-state index contributed by atoms with van der Waals surface area (Å²) in [5, 5.41) is 22.4. The van der Waals surface area contributed by atoms with Crippen LogP contribution in [-0.2, 0) is 10.5 Å². The van der Waals surface area contributed by atoms with Gasteiger partial charge in [0.25, 0.3) is 0 Å². The lowest BCUT2D eigenvalue weighted by Crippen LogP contribution is -2.20. The number of hydrogen-bond acceptors (Lipinski definition) is 9. The second-order valence-electron chi connectivity index (χ2n) is 7.91. The van der Waals surface area contributed by atoms with Gasteiger partial charge in [-0.1, -0.05) is 59.8 Å². The summed E-state index contributed by atoms with van der Waals surface area (Å²) in [6.07, 6.45) is -0.785. The first-order chi connectivity index (χ1) is 18.0. The number of halogens is 1. The van der Waals surface area contributed by atoms with Gasteiger partial charge >= 0.3 is 5.97 Å². The van der Waals surface area contributed by atoms with Crippen LogP contribution in [-0.4, -0.2) is 40.0 Å². The molecule has 0 radical (unpaired) electrons. The van der Waals surface area contributed by atoms with Crippen molar-refractivity contribution in [2.75, 3.05) is 19.0 Å². The molecule has 0 saturated heterocycles. The lowest BCUT2D eigenvalue weighted by atomic mass is 10.1. The Balaban J connectivity index is 1.51. The van der Waals surface area contributed by atoms with Gasteiger partial charge in [0.1, 0.15) is 0 Å². The molecule has 9 nitrogen and oxygen atoms in total. The van der Waals surface area contributed by atoms with Crippen molar-refractivity contribution >= 4 is 35.0 Å². The predicted molar refractivity (Wildman–Crippen MR) is 139 cm³/mol. The molecule has 1 aliphatic heterocycles. The number of carbonyl (C=O) groups is 1. The van der Waals surface area contributed by atoms with Gasteiger partial charge in [-0.15, -0.1) is 10.2 Å². The Labute approximate surface area is 221 Å². The molecule has 0 fully saturated rings. The molecular weight excluding hydrogens is 516 g/mol. The third-order valence-corrected chi connectivity index (χ3v) is 6.63. The molecule has 11 heteroatoms. The van der Waals surface area contributed by atoms with Gasteiger partial charge in [-0.05, 0) is 35.9 Å². The standard InChI is InChI=1S/C26H21ClN4O5S/c1-34-20-8-4-6-18(23(20)35-13-21(32)33)24-28-19-7-3-2-5-17(19)22-25(36-24)29-26(31-30-22)37-14-15-9-11-16(27)12-10-15/h2-12,24,28H,13-14H2,1H3,(H,32,33)/t24-/m1/s1. The normalized spacial score (nSPS) is 13.8. The number of anilines is 1. The second-order valence-corrected chi connectivity index (χ2v) is 9.29. The summed E-state index contributed by atoms with van der Waals surface area (Å²) in [6.45, 7) is -0.539. The fourth-order valence-electron chi connectivity index (χ4n) is 3.77. The van der Waals surface area contributed by atoms with Gasteiger partial charge in [0, 0.05) is 22.0 Å². The van der Waals surface area contributed by atoms with Crippen LogP contribution in [0.5, 0.6) is 17.4 Å². The molecule has 0 saturated carbocycles. The minimum Gasteiger partial charge on any atom is -0.493 e. The van der Waals surface area contributed by atoms with Crippen molar-refractivity contribution in [3.05, 3.63) is 82.9 Å². The summed E-state index contributed by atoms with van der Waals surface area (Å²) >= 11 is 7.40. The first-order valence-corrected chi connectivity index (χ1v) is 12.5. The first kappa shape index (κ1) is 24.7. The van der Waals surface area contributed by atoms with Crippen LogP contribution in [0.3, 0.4) is 0 Å². The van der Waals surface area contributed by atoms with E-state index in [1.54, 1.807) is 18.2 Å². The fourth-order valence-corrected chi connectivity index (χ4v) is 4.63. The van der Waals surface area contributed by atoms with Crippen LogP contribution in [0, 0.1) is 0 Å². The maximum absolute atomic E-state index is 11.2. The summed E-state index contributed by atoms with van der Waals surface area (Å²) in [5.74, 6) is 0.427. The average molecular weight is 537 g/mol. The summed E-state index contributed by atoms with van der Waals surface area (Å²) < 4.78 is 17.4. The third kappa shape index (κ3) is 5.55. The molecule has 0 bridgehead atoms. The highest BCUT2D eigenvalue weighted by molar-refractivity contribution is 7.98. The number of aliphatic carboxylic acids is 1. The van der Waals surface area contributed by atoms with E-state index in [0.717, 1.165) is 16.8 Å². The molecule has 37 heavy (non-hydrogen) atoms. The monoisotopic (exact) mass is 536 g/mol. The molecule has 1 atom stereocenters. The van der Waals surface area contributed by atoms with Gasteiger partial charge in [-0.25, -0.2) is 4.79 Å². The molecule has 0 amide bonds. The number of carboxylic acid groups (broad SMARTS) is 1. The van der Waals surface area contributed by atoms with Crippen LogP contribution in [0.15, 0.2) is 71.9 Å². The van der Waals surface area contributed by atoms with E-state index >= 15 is 0 Å². The Morgan fingerprint density at radius 2 is 1.92 bits per heavy atom. The average Bonchev–Trinajstić information content (AvgIpc) is 3.07. The number of ether oxygens (including phenoxy) is 3. The van der Waals surface area contributed by atoms with Crippen LogP contribution in [0.2, 0.25) is 5.02 Å². The predicted octanol–water partition coefficient (Wildman–Crippen LogP) is 5.46. The molecule has 2 heterocycles.